The van der Waals surface area contributed by atoms with Crippen LogP contribution in [0.5, 0.6) is 5.75 Å². The maximum absolute atomic E-state index is 12.4. The van der Waals surface area contributed by atoms with Crippen LogP contribution in [0.2, 0.25) is 5.02 Å². The van der Waals surface area contributed by atoms with Crippen LogP contribution < -0.4 is 9.46 Å². The third-order valence-corrected chi connectivity index (χ3v) is 6.60. The number of benzene rings is 2. The molecule has 0 unspecified atom stereocenters. The number of piperidine rings is 1. The van der Waals surface area contributed by atoms with Crippen LogP contribution in [0.25, 0.3) is 0 Å². The minimum absolute atomic E-state index is 0.215. The Hall–Kier alpha value is -1.60. The molecule has 0 bridgehead atoms. The quantitative estimate of drug-likeness (QED) is 0.761. The topological polar surface area (TPSA) is 58.6 Å². The van der Waals surface area contributed by atoms with Crippen LogP contribution >= 0.6 is 11.6 Å². The molecule has 5 nitrogen and oxygen atoms in total. The lowest BCUT2D eigenvalue weighted by Gasteiger charge is -2.32. The van der Waals surface area contributed by atoms with Crippen LogP contribution in [0.1, 0.15) is 18.4 Å². The fourth-order valence-corrected chi connectivity index (χ4v) is 4.70. The minimum Gasteiger partial charge on any atom is -0.497 e. The van der Waals surface area contributed by atoms with Gasteiger partial charge in [0.1, 0.15) is 5.75 Å². The summed E-state index contributed by atoms with van der Waals surface area (Å²) in [5.41, 5.74) is 1.26. The number of hydrogen-bond donors (Lipinski definition) is 1. The molecule has 1 fully saturated rings. The van der Waals surface area contributed by atoms with Crippen molar-refractivity contribution in [1.29, 1.82) is 0 Å². The molecular formula is C20H25ClN2O3S. The number of ether oxygens (including phenoxy) is 1. The standard InChI is InChI=1S/C20H25ClN2O3S/c1-26-19-7-5-17(6-8-19)15-23-11-9-16(10-12-23)14-22-27(24,25)20-4-2-3-18(21)13-20/h2-8,13,16,22H,9-12,14-15H2,1H3. The van der Waals surface area contributed by atoms with Gasteiger partial charge in [0.15, 0.2) is 0 Å². The Kier molecular flexibility index (Phi) is 6.76. The molecule has 2 aromatic rings. The summed E-state index contributed by atoms with van der Waals surface area (Å²) in [6.45, 7) is 3.31. The lowest BCUT2D eigenvalue weighted by molar-refractivity contribution is 0.178. The molecular weight excluding hydrogens is 384 g/mol. The summed E-state index contributed by atoms with van der Waals surface area (Å²) < 4.78 is 32.7. The molecule has 0 atom stereocenters. The Morgan fingerprint density at radius 2 is 1.85 bits per heavy atom. The average molecular weight is 409 g/mol. The monoisotopic (exact) mass is 408 g/mol. The number of halogens is 1. The Labute approximate surface area is 166 Å². The Balaban J connectivity index is 1.46. The smallest absolute Gasteiger partial charge is 0.240 e. The van der Waals surface area contributed by atoms with Crippen LogP contribution in [0, 0.1) is 5.92 Å². The lowest BCUT2D eigenvalue weighted by Crippen LogP contribution is -2.38. The summed E-state index contributed by atoms with van der Waals surface area (Å²) in [7, 11) is -1.84. The van der Waals surface area contributed by atoms with Gasteiger partial charge in [-0.2, -0.15) is 0 Å². The van der Waals surface area contributed by atoms with Gasteiger partial charge in [0.05, 0.1) is 12.0 Å². The number of hydrogen-bond acceptors (Lipinski definition) is 4. The molecule has 2 aromatic carbocycles. The van der Waals surface area contributed by atoms with Crippen LogP contribution in [0.3, 0.4) is 0 Å². The molecule has 3 rings (SSSR count). The Morgan fingerprint density at radius 3 is 2.48 bits per heavy atom. The van der Waals surface area contributed by atoms with E-state index in [1.54, 1.807) is 25.3 Å². The maximum atomic E-state index is 12.4. The third-order valence-electron chi connectivity index (χ3n) is 4.94. The SMILES string of the molecule is COc1ccc(CN2CCC(CNS(=O)(=O)c3cccc(Cl)c3)CC2)cc1. The van der Waals surface area contributed by atoms with Gasteiger partial charge in [-0.25, -0.2) is 13.1 Å². The minimum atomic E-state index is -3.51. The highest BCUT2D eigenvalue weighted by Crippen LogP contribution is 2.21. The summed E-state index contributed by atoms with van der Waals surface area (Å²) in [5, 5.41) is 0.421. The molecule has 0 aromatic heterocycles. The van der Waals surface area contributed by atoms with Crippen molar-refractivity contribution < 1.29 is 13.2 Å². The van der Waals surface area contributed by atoms with Crippen molar-refractivity contribution >= 4 is 21.6 Å². The van der Waals surface area contributed by atoms with Crippen molar-refractivity contribution in [3.05, 3.63) is 59.1 Å². The summed E-state index contributed by atoms with van der Waals surface area (Å²) in [5.74, 6) is 1.22. The second-order valence-electron chi connectivity index (χ2n) is 6.88. The number of likely N-dealkylation sites (tertiary alicyclic amines) is 1. The zero-order valence-corrected chi connectivity index (χ0v) is 17.0. The summed E-state index contributed by atoms with van der Waals surface area (Å²) in [4.78, 5) is 2.62. The van der Waals surface area contributed by atoms with Gasteiger partial charge in [0.2, 0.25) is 10.0 Å². The molecule has 27 heavy (non-hydrogen) atoms. The zero-order valence-electron chi connectivity index (χ0n) is 15.4. The van der Waals surface area contributed by atoms with Crippen molar-refractivity contribution in [3.63, 3.8) is 0 Å². The van der Waals surface area contributed by atoms with Gasteiger partial charge in [-0.3, -0.25) is 4.90 Å². The van der Waals surface area contributed by atoms with E-state index in [1.165, 1.54) is 11.6 Å². The van der Waals surface area contributed by atoms with Crippen molar-refractivity contribution in [2.45, 2.75) is 24.3 Å². The third kappa shape index (κ3) is 5.69. The first kappa shape index (κ1) is 20.1. The van der Waals surface area contributed by atoms with Crippen LogP contribution in [-0.4, -0.2) is 40.1 Å². The predicted molar refractivity (Wildman–Crippen MR) is 108 cm³/mol. The average Bonchev–Trinajstić information content (AvgIpc) is 2.68. The van der Waals surface area contributed by atoms with Gasteiger partial charge in [-0.1, -0.05) is 29.8 Å². The number of nitrogens with one attached hydrogen (secondary N) is 1. The molecule has 0 spiro atoms. The highest BCUT2D eigenvalue weighted by molar-refractivity contribution is 7.89. The van der Waals surface area contributed by atoms with Gasteiger partial charge < -0.3 is 4.74 Å². The lowest BCUT2D eigenvalue weighted by atomic mass is 9.97. The Bertz CT molecular complexity index is 848. The fraction of sp³-hybridized carbons (Fsp3) is 0.400. The molecule has 146 valence electrons. The zero-order chi connectivity index (χ0) is 19.3. The van der Waals surface area contributed by atoms with Crippen molar-refractivity contribution in [1.82, 2.24) is 9.62 Å². The van der Waals surface area contributed by atoms with E-state index in [1.807, 2.05) is 12.1 Å². The summed E-state index contributed by atoms with van der Waals surface area (Å²) >= 11 is 5.89. The molecule has 1 aliphatic heterocycles. The van der Waals surface area contributed by atoms with Crippen LogP contribution in [-0.2, 0) is 16.6 Å². The predicted octanol–water partition coefficient (Wildman–Crippen LogP) is 3.54. The van der Waals surface area contributed by atoms with Gasteiger partial charge in [-0.15, -0.1) is 0 Å². The van der Waals surface area contributed by atoms with E-state index in [0.717, 1.165) is 38.2 Å². The van der Waals surface area contributed by atoms with Crippen molar-refractivity contribution in [2.24, 2.45) is 5.92 Å². The molecule has 0 saturated carbocycles. The van der Waals surface area contributed by atoms with E-state index in [9.17, 15) is 8.42 Å². The van der Waals surface area contributed by atoms with Crippen LogP contribution in [0.15, 0.2) is 53.4 Å². The Morgan fingerprint density at radius 1 is 1.15 bits per heavy atom. The van der Waals surface area contributed by atoms with Gasteiger partial charge in [0, 0.05) is 18.1 Å². The molecule has 1 heterocycles. The number of sulfonamides is 1. The highest BCUT2D eigenvalue weighted by Gasteiger charge is 2.22. The normalized spacial score (nSPS) is 16.4. The van der Waals surface area contributed by atoms with Crippen LogP contribution in [0.4, 0.5) is 0 Å². The molecule has 0 amide bonds. The second-order valence-corrected chi connectivity index (χ2v) is 9.08. The molecule has 1 N–H and O–H groups in total. The molecule has 0 radical (unpaired) electrons. The van der Waals surface area contributed by atoms with Crippen molar-refractivity contribution in [2.75, 3.05) is 26.7 Å². The van der Waals surface area contributed by atoms with E-state index in [0.29, 0.717) is 17.5 Å². The molecule has 0 aliphatic carbocycles. The second kappa shape index (κ2) is 9.06. The molecule has 1 saturated heterocycles. The van der Waals surface area contributed by atoms with Gasteiger partial charge in [0.25, 0.3) is 0 Å². The van der Waals surface area contributed by atoms with E-state index in [2.05, 4.69) is 21.8 Å². The maximum Gasteiger partial charge on any atom is 0.240 e. The number of rotatable bonds is 7. The van der Waals surface area contributed by atoms with Crippen molar-refractivity contribution in [3.8, 4) is 5.75 Å². The van der Waals surface area contributed by atoms with E-state index < -0.39 is 10.0 Å². The molecule has 7 heteroatoms. The van der Waals surface area contributed by atoms with Gasteiger partial charge >= 0.3 is 0 Å². The highest BCUT2D eigenvalue weighted by atomic mass is 35.5. The van der Waals surface area contributed by atoms with E-state index in [4.69, 9.17) is 16.3 Å². The van der Waals surface area contributed by atoms with E-state index in [-0.39, 0.29) is 4.90 Å². The summed E-state index contributed by atoms with van der Waals surface area (Å²) in [6.07, 6.45) is 1.96. The largest absolute Gasteiger partial charge is 0.497 e. The fourth-order valence-electron chi connectivity index (χ4n) is 3.28. The first-order valence-corrected chi connectivity index (χ1v) is 10.9. The summed E-state index contributed by atoms with van der Waals surface area (Å²) in [6, 6.07) is 14.5. The van der Waals surface area contributed by atoms with E-state index >= 15 is 0 Å². The number of methoxy groups -OCH3 is 1. The first-order chi connectivity index (χ1) is 13.0. The number of nitrogens with zero attached hydrogens (tertiary/aromatic N) is 1. The molecule has 1 aliphatic rings. The van der Waals surface area contributed by atoms with Gasteiger partial charge in [-0.05, 0) is 67.7 Å². The first-order valence-electron chi connectivity index (χ1n) is 9.07.